The van der Waals surface area contributed by atoms with Crippen LogP contribution < -0.4 is 10.1 Å². The molecule has 27 heavy (non-hydrogen) atoms. The van der Waals surface area contributed by atoms with Gasteiger partial charge in [-0.05, 0) is 37.6 Å². The van der Waals surface area contributed by atoms with Crippen LogP contribution in [-0.4, -0.2) is 33.4 Å². The number of hydrogen-bond donors (Lipinski definition) is 1. The summed E-state index contributed by atoms with van der Waals surface area (Å²) in [6.45, 7) is 4.69. The van der Waals surface area contributed by atoms with Gasteiger partial charge in [-0.25, -0.2) is 9.97 Å². The number of rotatable bonds is 5. The molecule has 6 nitrogen and oxygen atoms in total. The fourth-order valence-electron chi connectivity index (χ4n) is 2.96. The Morgan fingerprint density at radius 2 is 1.96 bits per heavy atom. The first kappa shape index (κ1) is 17.0. The predicted octanol–water partition coefficient (Wildman–Crippen LogP) is 3.31. The van der Waals surface area contributed by atoms with Gasteiger partial charge in [-0.1, -0.05) is 24.3 Å². The zero-order valence-corrected chi connectivity index (χ0v) is 15.3. The van der Waals surface area contributed by atoms with E-state index in [1.54, 1.807) is 6.20 Å². The number of aromatic nitrogens is 3. The number of amides is 1. The van der Waals surface area contributed by atoms with Crippen LogP contribution in [0.15, 0.2) is 54.9 Å². The van der Waals surface area contributed by atoms with Gasteiger partial charge < -0.3 is 14.5 Å². The van der Waals surface area contributed by atoms with Crippen LogP contribution in [0.5, 0.6) is 5.75 Å². The lowest BCUT2D eigenvalue weighted by Crippen LogP contribution is -2.28. The van der Waals surface area contributed by atoms with Gasteiger partial charge in [-0.3, -0.25) is 4.79 Å². The van der Waals surface area contributed by atoms with Crippen LogP contribution in [-0.2, 0) is 0 Å². The van der Waals surface area contributed by atoms with Crippen LogP contribution in [0.25, 0.3) is 16.6 Å². The van der Waals surface area contributed by atoms with Crippen molar-refractivity contribution in [3.8, 4) is 5.75 Å². The van der Waals surface area contributed by atoms with Crippen molar-refractivity contribution < 1.29 is 9.53 Å². The quantitative estimate of drug-likeness (QED) is 0.555. The second-order valence-electron chi connectivity index (χ2n) is 6.48. The first-order valence-corrected chi connectivity index (χ1v) is 8.83. The van der Waals surface area contributed by atoms with Gasteiger partial charge >= 0.3 is 0 Å². The van der Waals surface area contributed by atoms with E-state index in [0.717, 1.165) is 27.8 Å². The molecule has 0 radical (unpaired) electrons. The van der Waals surface area contributed by atoms with E-state index in [-0.39, 0.29) is 5.91 Å². The molecule has 3 heterocycles. The molecule has 0 aliphatic heterocycles. The maximum atomic E-state index is 12.3. The molecule has 0 aliphatic carbocycles. The number of nitrogens with one attached hydrogen (secondary N) is 1. The van der Waals surface area contributed by atoms with Gasteiger partial charge in [0.25, 0.3) is 5.91 Å². The van der Waals surface area contributed by atoms with E-state index in [4.69, 9.17) is 4.74 Å². The Hall–Kier alpha value is -3.41. The highest BCUT2D eigenvalue weighted by Gasteiger charge is 2.10. The van der Waals surface area contributed by atoms with Gasteiger partial charge in [-0.2, -0.15) is 0 Å². The zero-order valence-electron chi connectivity index (χ0n) is 15.3. The number of fused-ring (bicyclic) bond motifs is 2. The fraction of sp³-hybridized carbons (Fsp3) is 0.190. The Morgan fingerprint density at radius 3 is 2.85 bits per heavy atom. The molecule has 0 aliphatic rings. The predicted molar refractivity (Wildman–Crippen MR) is 104 cm³/mol. The van der Waals surface area contributed by atoms with Gasteiger partial charge in [0.05, 0.1) is 6.54 Å². The van der Waals surface area contributed by atoms with E-state index < -0.39 is 0 Å². The normalized spacial score (nSPS) is 11.0. The summed E-state index contributed by atoms with van der Waals surface area (Å²) in [4.78, 5) is 21.2. The number of nitrogens with zero attached hydrogens (tertiary/aromatic N) is 3. The van der Waals surface area contributed by atoms with Crippen molar-refractivity contribution >= 4 is 22.5 Å². The third-order valence-corrected chi connectivity index (χ3v) is 4.30. The van der Waals surface area contributed by atoms with E-state index in [2.05, 4.69) is 15.3 Å². The number of hydrogen-bond acceptors (Lipinski definition) is 4. The van der Waals surface area contributed by atoms with Crippen molar-refractivity contribution in [3.05, 3.63) is 71.8 Å². The molecule has 136 valence electrons. The standard InChI is InChI=1S/C21H20N4O2/c1-14-6-9-19-24-17(13-25(19)12-14)21(26)22-10-11-27-18-5-3-4-16-8-7-15(2)23-20(16)18/h3-9,12-13H,10-11H2,1-2H3,(H,22,26). The number of pyridine rings is 2. The minimum absolute atomic E-state index is 0.216. The van der Waals surface area contributed by atoms with Gasteiger partial charge in [-0.15, -0.1) is 0 Å². The minimum atomic E-state index is -0.216. The summed E-state index contributed by atoms with van der Waals surface area (Å²) in [5.74, 6) is 0.500. The molecular weight excluding hydrogens is 340 g/mol. The molecule has 4 aromatic rings. The summed E-state index contributed by atoms with van der Waals surface area (Å²) in [6, 6.07) is 13.7. The molecule has 3 aromatic heterocycles. The van der Waals surface area contributed by atoms with Crippen LogP contribution in [0.3, 0.4) is 0 Å². The second-order valence-corrected chi connectivity index (χ2v) is 6.48. The van der Waals surface area contributed by atoms with Crippen LogP contribution in [0.4, 0.5) is 0 Å². The molecule has 0 atom stereocenters. The molecule has 1 N–H and O–H groups in total. The van der Waals surface area contributed by atoms with Crippen molar-refractivity contribution in [3.63, 3.8) is 0 Å². The van der Waals surface area contributed by atoms with E-state index >= 15 is 0 Å². The number of carbonyl (C=O) groups excluding carboxylic acids is 1. The molecule has 4 rings (SSSR count). The Kier molecular flexibility index (Phi) is 4.46. The summed E-state index contributed by atoms with van der Waals surface area (Å²) in [5, 5.41) is 3.87. The number of carbonyl (C=O) groups is 1. The Bertz CT molecular complexity index is 1130. The highest BCUT2D eigenvalue weighted by molar-refractivity contribution is 5.92. The van der Waals surface area contributed by atoms with E-state index in [1.165, 1.54) is 0 Å². The van der Waals surface area contributed by atoms with Crippen molar-refractivity contribution in [2.24, 2.45) is 0 Å². The number of ether oxygens (including phenoxy) is 1. The van der Waals surface area contributed by atoms with Gasteiger partial charge in [0.15, 0.2) is 0 Å². The van der Waals surface area contributed by atoms with Crippen LogP contribution >= 0.6 is 0 Å². The third kappa shape index (κ3) is 3.60. The van der Waals surface area contributed by atoms with Gasteiger partial charge in [0.2, 0.25) is 0 Å². The highest BCUT2D eigenvalue weighted by Crippen LogP contribution is 2.23. The number of imidazole rings is 1. The van der Waals surface area contributed by atoms with E-state index in [9.17, 15) is 4.79 Å². The third-order valence-electron chi connectivity index (χ3n) is 4.30. The first-order chi connectivity index (χ1) is 13.1. The molecule has 0 spiro atoms. The molecule has 1 aromatic carbocycles. The highest BCUT2D eigenvalue weighted by atomic mass is 16.5. The summed E-state index contributed by atoms with van der Waals surface area (Å²) < 4.78 is 7.68. The molecule has 0 bridgehead atoms. The van der Waals surface area contributed by atoms with Gasteiger partial charge in [0.1, 0.15) is 29.2 Å². The van der Waals surface area contributed by atoms with Crippen molar-refractivity contribution in [1.82, 2.24) is 19.7 Å². The topological polar surface area (TPSA) is 68.5 Å². The summed E-state index contributed by atoms with van der Waals surface area (Å²) in [6.07, 6.45) is 3.67. The van der Waals surface area contributed by atoms with Gasteiger partial charge in [0, 0.05) is 23.5 Å². The van der Waals surface area contributed by atoms with Crippen LogP contribution in [0, 0.1) is 13.8 Å². The zero-order chi connectivity index (χ0) is 18.8. The first-order valence-electron chi connectivity index (χ1n) is 8.83. The monoisotopic (exact) mass is 360 g/mol. The lowest BCUT2D eigenvalue weighted by atomic mass is 10.2. The molecule has 0 unspecified atom stereocenters. The fourth-order valence-corrected chi connectivity index (χ4v) is 2.96. The van der Waals surface area contributed by atoms with Crippen molar-refractivity contribution in [2.45, 2.75) is 13.8 Å². The Labute approximate surface area is 156 Å². The molecular formula is C21H20N4O2. The summed E-state index contributed by atoms with van der Waals surface area (Å²) in [7, 11) is 0. The smallest absolute Gasteiger partial charge is 0.271 e. The SMILES string of the molecule is Cc1ccc2nc(C(=O)NCCOc3cccc4ccc(C)nc34)cn2c1. The largest absolute Gasteiger partial charge is 0.489 e. The Morgan fingerprint density at radius 1 is 1.07 bits per heavy atom. The Balaban J connectivity index is 1.38. The number of para-hydroxylation sites is 1. The second kappa shape index (κ2) is 7.07. The number of aryl methyl sites for hydroxylation is 2. The molecule has 0 saturated heterocycles. The van der Waals surface area contributed by atoms with Crippen molar-refractivity contribution in [1.29, 1.82) is 0 Å². The maximum Gasteiger partial charge on any atom is 0.271 e. The molecule has 0 saturated carbocycles. The average Bonchev–Trinajstić information content (AvgIpc) is 3.08. The summed E-state index contributed by atoms with van der Waals surface area (Å²) in [5.41, 5.74) is 4.02. The van der Waals surface area contributed by atoms with Crippen molar-refractivity contribution in [2.75, 3.05) is 13.2 Å². The summed E-state index contributed by atoms with van der Waals surface area (Å²) >= 11 is 0. The molecule has 0 fully saturated rings. The number of benzene rings is 1. The minimum Gasteiger partial charge on any atom is -0.489 e. The maximum absolute atomic E-state index is 12.3. The van der Waals surface area contributed by atoms with Crippen LogP contribution in [0.1, 0.15) is 21.7 Å². The van der Waals surface area contributed by atoms with E-state index in [0.29, 0.717) is 24.6 Å². The van der Waals surface area contributed by atoms with E-state index in [1.807, 2.05) is 66.9 Å². The lowest BCUT2D eigenvalue weighted by Gasteiger charge is -2.09. The lowest BCUT2D eigenvalue weighted by molar-refractivity contribution is 0.0942. The van der Waals surface area contributed by atoms with Crippen LogP contribution in [0.2, 0.25) is 0 Å². The average molecular weight is 360 g/mol. The molecule has 1 amide bonds. The molecule has 6 heteroatoms.